The highest BCUT2D eigenvalue weighted by atomic mass is 35.5. The Morgan fingerprint density at radius 1 is 1.26 bits per heavy atom. The lowest BCUT2D eigenvalue weighted by atomic mass is 9.89. The van der Waals surface area contributed by atoms with Gasteiger partial charge in [-0.2, -0.15) is 0 Å². The smallest absolute Gasteiger partial charge is 0.189 e. The molecule has 1 aromatic rings. The molecule has 0 aromatic heterocycles. The summed E-state index contributed by atoms with van der Waals surface area (Å²) in [7, 11) is 0. The highest BCUT2D eigenvalue weighted by molar-refractivity contribution is 6.36. The molecule has 0 heterocycles. The zero-order valence-electron chi connectivity index (χ0n) is 11.0. The number of halogens is 2. The lowest BCUT2D eigenvalue weighted by Crippen LogP contribution is -2.23. The van der Waals surface area contributed by atoms with Gasteiger partial charge in [-0.1, -0.05) is 30.1 Å². The largest absolute Gasteiger partial charge is 0.370 e. The minimum atomic E-state index is -0.0831. The number of hydrogen-bond acceptors (Lipinski definition) is 2. The number of rotatable bonds is 4. The first-order chi connectivity index (χ1) is 9.06. The highest BCUT2D eigenvalue weighted by Gasteiger charge is 2.20. The summed E-state index contributed by atoms with van der Waals surface area (Å²) in [5.41, 5.74) is 0.482. The van der Waals surface area contributed by atoms with Gasteiger partial charge in [0.05, 0.1) is 11.1 Å². The SMILES string of the molecule is CC1CCC(OCC(=O)c2ccc(Cl)cc2Cl)CC1. The van der Waals surface area contributed by atoms with Crippen LogP contribution in [0, 0.1) is 5.92 Å². The van der Waals surface area contributed by atoms with Gasteiger partial charge in [0, 0.05) is 10.6 Å². The molecule has 104 valence electrons. The van der Waals surface area contributed by atoms with E-state index in [9.17, 15) is 4.79 Å². The van der Waals surface area contributed by atoms with Crippen LogP contribution in [0.15, 0.2) is 18.2 Å². The van der Waals surface area contributed by atoms with Crippen molar-refractivity contribution in [2.75, 3.05) is 6.61 Å². The Kier molecular flexibility index (Phi) is 5.26. The number of ketones is 1. The summed E-state index contributed by atoms with van der Waals surface area (Å²) in [4.78, 5) is 12.0. The van der Waals surface area contributed by atoms with Crippen LogP contribution in [0.5, 0.6) is 0 Å². The Balaban J connectivity index is 1.87. The van der Waals surface area contributed by atoms with Crippen molar-refractivity contribution in [3.05, 3.63) is 33.8 Å². The molecule has 0 radical (unpaired) electrons. The van der Waals surface area contributed by atoms with Crippen LogP contribution in [0.1, 0.15) is 43.0 Å². The lowest BCUT2D eigenvalue weighted by molar-refractivity contribution is 0.0217. The molecule has 0 bridgehead atoms. The summed E-state index contributed by atoms with van der Waals surface area (Å²) in [5, 5.41) is 0.919. The van der Waals surface area contributed by atoms with Crippen molar-refractivity contribution in [3.8, 4) is 0 Å². The van der Waals surface area contributed by atoms with Crippen molar-refractivity contribution in [1.29, 1.82) is 0 Å². The van der Waals surface area contributed by atoms with Gasteiger partial charge in [-0.25, -0.2) is 0 Å². The predicted octanol–water partition coefficient (Wildman–Crippen LogP) is 4.77. The zero-order valence-corrected chi connectivity index (χ0v) is 12.5. The summed E-state index contributed by atoms with van der Waals surface area (Å²) < 4.78 is 5.69. The average Bonchev–Trinajstić information content (AvgIpc) is 2.37. The monoisotopic (exact) mass is 300 g/mol. The predicted molar refractivity (Wildman–Crippen MR) is 78.2 cm³/mol. The van der Waals surface area contributed by atoms with E-state index in [2.05, 4.69) is 6.92 Å². The van der Waals surface area contributed by atoms with E-state index < -0.39 is 0 Å². The van der Waals surface area contributed by atoms with Gasteiger partial charge in [0.15, 0.2) is 5.78 Å². The summed E-state index contributed by atoms with van der Waals surface area (Å²) in [6.45, 7) is 2.36. The maximum Gasteiger partial charge on any atom is 0.189 e. The number of benzene rings is 1. The molecule has 0 spiro atoms. The first-order valence-corrected chi connectivity index (χ1v) is 7.41. The second kappa shape index (κ2) is 6.74. The van der Waals surface area contributed by atoms with Gasteiger partial charge >= 0.3 is 0 Å². The van der Waals surface area contributed by atoms with Gasteiger partial charge in [0.25, 0.3) is 0 Å². The van der Waals surface area contributed by atoms with E-state index >= 15 is 0 Å². The van der Waals surface area contributed by atoms with Gasteiger partial charge in [0.1, 0.15) is 6.61 Å². The number of hydrogen-bond donors (Lipinski definition) is 0. The van der Waals surface area contributed by atoms with E-state index in [0.717, 1.165) is 18.8 Å². The van der Waals surface area contributed by atoms with Crippen LogP contribution in [0.25, 0.3) is 0 Å². The number of carbonyl (C=O) groups is 1. The van der Waals surface area contributed by atoms with Crippen molar-refractivity contribution in [2.24, 2.45) is 5.92 Å². The molecular formula is C15H18Cl2O2. The molecule has 0 unspecified atom stereocenters. The van der Waals surface area contributed by atoms with E-state index in [1.807, 2.05) is 0 Å². The zero-order chi connectivity index (χ0) is 13.8. The Morgan fingerprint density at radius 2 is 1.95 bits per heavy atom. The fourth-order valence-corrected chi connectivity index (χ4v) is 2.90. The van der Waals surface area contributed by atoms with Crippen molar-refractivity contribution in [3.63, 3.8) is 0 Å². The van der Waals surface area contributed by atoms with E-state index in [-0.39, 0.29) is 18.5 Å². The quantitative estimate of drug-likeness (QED) is 0.749. The highest BCUT2D eigenvalue weighted by Crippen LogP contribution is 2.26. The lowest BCUT2D eigenvalue weighted by Gasteiger charge is -2.26. The maximum absolute atomic E-state index is 12.0. The van der Waals surface area contributed by atoms with Crippen LogP contribution in [-0.2, 0) is 4.74 Å². The molecule has 0 N–H and O–H groups in total. The van der Waals surface area contributed by atoms with Gasteiger partial charge in [-0.15, -0.1) is 0 Å². The third-order valence-corrected chi connectivity index (χ3v) is 4.19. The third kappa shape index (κ3) is 4.20. The first-order valence-electron chi connectivity index (χ1n) is 6.66. The molecule has 2 rings (SSSR count). The topological polar surface area (TPSA) is 26.3 Å². The molecule has 2 nitrogen and oxygen atoms in total. The molecule has 1 saturated carbocycles. The van der Waals surface area contributed by atoms with Crippen LogP contribution >= 0.6 is 23.2 Å². The second-order valence-electron chi connectivity index (χ2n) is 5.24. The second-order valence-corrected chi connectivity index (χ2v) is 6.08. The van der Waals surface area contributed by atoms with E-state index in [4.69, 9.17) is 27.9 Å². The molecule has 1 aliphatic rings. The van der Waals surface area contributed by atoms with E-state index in [0.29, 0.717) is 15.6 Å². The Bertz CT molecular complexity index is 451. The number of ether oxygens (including phenoxy) is 1. The van der Waals surface area contributed by atoms with Crippen molar-refractivity contribution >= 4 is 29.0 Å². The van der Waals surface area contributed by atoms with Crippen molar-refractivity contribution in [1.82, 2.24) is 0 Å². The van der Waals surface area contributed by atoms with Crippen LogP contribution in [-0.4, -0.2) is 18.5 Å². The maximum atomic E-state index is 12.0. The average molecular weight is 301 g/mol. The number of carbonyl (C=O) groups excluding carboxylic acids is 1. The Labute approximate surface area is 124 Å². The van der Waals surface area contributed by atoms with Crippen LogP contribution in [0.3, 0.4) is 0 Å². The number of Topliss-reactive ketones (excluding diaryl/α,β-unsaturated/α-hetero) is 1. The van der Waals surface area contributed by atoms with Gasteiger partial charge in [0.2, 0.25) is 0 Å². The summed E-state index contributed by atoms with van der Waals surface area (Å²) in [6, 6.07) is 4.90. The standard InChI is InChI=1S/C15H18Cl2O2/c1-10-2-5-12(6-3-10)19-9-15(18)13-7-4-11(16)8-14(13)17/h4,7-8,10,12H,2-3,5-6,9H2,1H3. The summed E-state index contributed by atoms with van der Waals surface area (Å²) in [5.74, 6) is 0.696. The molecular weight excluding hydrogens is 283 g/mol. The van der Waals surface area contributed by atoms with Crippen LogP contribution in [0.2, 0.25) is 10.0 Å². The molecule has 0 amide bonds. The minimum Gasteiger partial charge on any atom is -0.370 e. The molecule has 19 heavy (non-hydrogen) atoms. The third-order valence-electron chi connectivity index (χ3n) is 3.64. The van der Waals surface area contributed by atoms with Gasteiger partial charge < -0.3 is 4.74 Å². The summed E-state index contributed by atoms with van der Waals surface area (Å²) in [6.07, 6.45) is 4.67. The molecule has 4 heteroatoms. The van der Waals surface area contributed by atoms with E-state index in [1.165, 1.54) is 12.8 Å². The van der Waals surface area contributed by atoms with Gasteiger partial charge in [-0.05, 0) is 49.8 Å². The molecule has 0 atom stereocenters. The molecule has 1 fully saturated rings. The Morgan fingerprint density at radius 3 is 2.58 bits per heavy atom. The molecule has 0 saturated heterocycles. The molecule has 1 aliphatic carbocycles. The molecule has 1 aromatic carbocycles. The fourth-order valence-electron chi connectivity index (χ4n) is 2.38. The minimum absolute atomic E-state index is 0.0831. The normalized spacial score (nSPS) is 23.3. The van der Waals surface area contributed by atoms with Gasteiger partial charge in [-0.3, -0.25) is 4.79 Å². The molecule has 0 aliphatic heterocycles. The summed E-state index contributed by atoms with van der Waals surface area (Å²) >= 11 is 11.8. The van der Waals surface area contributed by atoms with Crippen LogP contribution < -0.4 is 0 Å². The van der Waals surface area contributed by atoms with Crippen molar-refractivity contribution < 1.29 is 9.53 Å². The first kappa shape index (κ1) is 14.8. The van der Waals surface area contributed by atoms with Crippen LogP contribution in [0.4, 0.5) is 0 Å². The van der Waals surface area contributed by atoms with Crippen molar-refractivity contribution in [2.45, 2.75) is 38.7 Å². The van der Waals surface area contributed by atoms with E-state index in [1.54, 1.807) is 18.2 Å². The fraction of sp³-hybridized carbons (Fsp3) is 0.533. The Hall–Kier alpha value is -0.570.